The van der Waals surface area contributed by atoms with Crippen LogP contribution in [0.15, 0.2) is 46.9 Å². The number of amides is 1. The van der Waals surface area contributed by atoms with Gasteiger partial charge in [-0.05, 0) is 51.1 Å². The lowest BCUT2D eigenvalue weighted by Crippen LogP contribution is -2.30. The molecule has 0 saturated heterocycles. The van der Waals surface area contributed by atoms with Gasteiger partial charge < -0.3 is 19.2 Å². The Morgan fingerprint density at radius 1 is 1.10 bits per heavy atom. The Morgan fingerprint density at radius 2 is 1.83 bits per heavy atom. The summed E-state index contributed by atoms with van der Waals surface area (Å²) in [5, 5.41) is 3.35. The summed E-state index contributed by atoms with van der Waals surface area (Å²) in [6, 6.07) is 11.8. The van der Waals surface area contributed by atoms with Gasteiger partial charge in [-0.2, -0.15) is 0 Å². The molecule has 150 valence electrons. The number of fused-ring (bicyclic) bond motifs is 1. The monoisotopic (exact) mass is 395 g/mol. The second-order valence-corrected chi connectivity index (χ2v) is 6.56. The van der Waals surface area contributed by atoms with Gasteiger partial charge in [0, 0.05) is 16.5 Å². The van der Waals surface area contributed by atoms with Crippen molar-refractivity contribution in [3.63, 3.8) is 0 Å². The maximum atomic E-state index is 12.6. The highest BCUT2D eigenvalue weighted by atomic mass is 16.6. The number of ether oxygens (including phenoxy) is 2. The number of methoxy groups -OCH3 is 1. The first-order valence-corrected chi connectivity index (χ1v) is 9.00. The lowest BCUT2D eigenvalue weighted by molar-refractivity contribution is -0.123. The fourth-order valence-electron chi connectivity index (χ4n) is 2.92. The molecule has 0 bridgehead atoms. The molecule has 0 aliphatic carbocycles. The van der Waals surface area contributed by atoms with E-state index in [0.29, 0.717) is 28.1 Å². The summed E-state index contributed by atoms with van der Waals surface area (Å²) < 4.78 is 16.1. The van der Waals surface area contributed by atoms with E-state index in [1.807, 2.05) is 0 Å². The van der Waals surface area contributed by atoms with Gasteiger partial charge in [0.05, 0.1) is 12.8 Å². The predicted molar refractivity (Wildman–Crippen MR) is 107 cm³/mol. The highest BCUT2D eigenvalue weighted by Crippen LogP contribution is 2.29. The third kappa shape index (κ3) is 4.13. The van der Waals surface area contributed by atoms with Crippen molar-refractivity contribution in [2.45, 2.75) is 26.9 Å². The summed E-state index contributed by atoms with van der Waals surface area (Å²) >= 11 is 0. The number of hydrogen-bond donors (Lipinski definition) is 1. The average molecular weight is 395 g/mol. The van der Waals surface area contributed by atoms with E-state index in [9.17, 15) is 14.4 Å². The van der Waals surface area contributed by atoms with Crippen molar-refractivity contribution in [2.75, 3.05) is 12.4 Å². The summed E-state index contributed by atoms with van der Waals surface area (Å²) in [5.41, 5.74) is 1.85. The topological polar surface area (TPSA) is 94.8 Å². The summed E-state index contributed by atoms with van der Waals surface area (Å²) in [7, 11) is 1.55. The maximum Gasteiger partial charge on any atom is 0.375 e. The molecule has 0 aliphatic rings. The SMILES string of the molecule is COc1ccc2oc(C(=O)O[C@@H](C)C(=O)Nc3ccccc3C(C)=O)c(C)c2c1. The number of aryl methyl sites for hydroxylation is 1. The van der Waals surface area contributed by atoms with Crippen LogP contribution in [0.5, 0.6) is 5.75 Å². The first kappa shape index (κ1) is 20.1. The van der Waals surface area contributed by atoms with E-state index in [4.69, 9.17) is 13.9 Å². The maximum absolute atomic E-state index is 12.6. The zero-order valence-corrected chi connectivity index (χ0v) is 16.6. The fourth-order valence-corrected chi connectivity index (χ4v) is 2.92. The molecule has 0 aliphatic heterocycles. The third-order valence-electron chi connectivity index (χ3n) is 4.55. The Kier molecular flexibility index (Phi) is 5.68. The molecule has 0 spiro atoms. The molecule has 0 saturated carbocycles. The predicted octanol–water partition coefficient (Wildman–Crippen LogP) is 4.14. The van der Waals surface area contributed by atoms with Crippen molar-refractivity contribution in [3.8, 4) is 5.75 Å². The molecule has 0 fully saturated rings. The largest absolute Gasteiger partial charge is 0.497 e. The molecule has 0 radical (unpaired) electrons. The van der Waals surface area contributed by atoms with E-state index in [2.05, 4.69) is 5.32 Å². The number of rotatable bonds is 6. The zero-order valence-electron chi connectivity index (χ0n) is 16.6. The number of hydrogen-bond acceptors (Lipinski definition) is 6. The highest BCUT2D eigenvalue weighted by molar-refractivity contribution is 6.05. The summed E-state index contributed by atoms with van der Waals surface area (Å²) in [6.07, 6.45) is -1.09. The minimum Gasteiger partial charge on any atom is -0.497 e. The smallest absolute Gasteiger partial charge is 0.375 e. The van der Waals surface area contributed by atoms with Crippen molar-refractivity contribution in [3.05, 3.63) is 59.4 Å². The van der Waals surface area contributed by atoms with Crippen LogP contribution in [-0.4, -0.2) is 30.9 Å². The van der Waals surface area contributed by atoms with E-state index in [-0.39, 0.29) is 11.5 Å². The van der Waals surface area contributed by atoms with Gasteiger partial charge in [0.15, 0.2) is 11.9 Å². The van der Waals surface area contributed by atoms with Crippen molar-refractivity contribution >= 4 is 34.3 Å². The van der Waals surface area contributed by atoms with Gasteiger partial charge in [0.2, 0.25) is 5.76 Å². The summed E-state index contributed by atoms with van der Waals surface area (Å²) in [4.78, 5) is 36.7. The van der Waals surface area contributed by atoms with Gasteiger partial charge >= 0.3 is 5.97 Å². The van der Waals surface area contributed by atoms with Crippen LogP contribution in [0.3, 0.4) is 0 Å². The number of benzene rings is 2. The second-order valence-electron chi connectivity index (χ2n) is 6.56. The van der Waals surface area contributed by atoms with Crippen molar-refractivity contribution < 1.29 is 28.3 Å². The standard InChI is InChI=1S/C22H21NO6/c1-12-17-11-15(27-4)9-10-19(17)29-20(12)22(26)28-14(3)21(25)23-18-8-6-5-7-16(18)13(2)24/h5-11,14H,1-4H3,(H,23,25)/t14-/m0/s1. The molecule has 1 atom stereocenters. The van der Waals surface area contributed by atoms with Crippen LogP contribution in [0.2, 0.25) is 0 Å². The Hall–Kier alpha value is -3.61. The Balaban J connectivity index is 1.75. The molecular formula is C22H21NO6. The Bertz CT molecular complexity index is 1100. The quantitative estimate of drug-likeness (QED) is 0.498. The Morgan fingerprint density at radius 3 is 2.52 bits per heavy atom. The van der Waals surface area contributed by atoms with E-state index in [0.717, 1.165) is 5.39 Å². The molecule has 1 heterocycles. The van der Waals surface area contributed by atoms with Gasteiger partial charge in [-0.3, -0.25) is 9.59 Å². The lowest BCUT2D eigenvalue weighted by atomic mass is 10.1. The molecular weight excluding hydrogens is 374 g/mol. The van der Waals surface area contributed by atoms with Gasteiger partial charge in [-0.1, -0.05) is 12.1 Å². The van der Waals surface area contributed by atoms with E-state index >= 15 is 0 Å². The summed E-state index contributed by atoms with van der Waals surface area (Å²) in [6.45, 7) is 4.59. The minimum absolute atomic E-state index is 0.0250. The number of ketones is 1. The first-order valence-electron chi connectivity index (χ1n) is 9.00. The Labute approximate surface area is 167 Å². The molecule has 0 unspecified atom stereocenters. The van der Waals surface area contributed by atoms with Gasteiger partial charge in [0.25, 0.3) is 5.91 Å². The molecule has 1 aromatic heterocycles. The van der Waals surface area contributed by atoms with Crippen LogP contribution in [0.25, 0.3) is 11.0 Å². The first-order chi connectivity index (χ1) is 13.8. The number of nitrogens with one attached hydrogen (secondary N) is 1. The molecule has 3 rings (SSSR count). The van der Waals surface area contributed by atoms with Crippen LogP contribution in [0.1, 0.15) is 40.3 Å². The fraction of sp³-hybridized carbons (Fsp3) is 0.227. The van der Waals surface area contributed by atoms with Crippen molar-refractivity contribution in [1.82, 2.24) is 0 Å². The van der Waals surface area contributed by atoms with E-state index in [1.165, 1.54) is 13.8 Å². The van der Waals surface area contributed by atoms with Crippen molar-refractivity contribution in [2.24, 2.45) is 0 Å². The van der Waals surface area contributed by atoms with Gasteiger partial charge in [-0.15, -0.1) is 0 Å². The minimum atomic E-state index is -1.09. The number of carbonyl (C=O) groups excluding carboxylic acids is 3. The number of anilines is 1. The number of Topliss-reactive ketones (excluding diaryl/α,β-unsaturated/α-hetero) is 1. The zero-order chi connectivity index (χ0) is 21.1. The lowest BCUT2D eigenvalue weighted by Gasteiger charge is -2.14. The molecule has 29 heavy (non-hydrogen) atoms. The van der Waals surface area contributed by atoms with Crippen LogP contribution in [0, 0.1) is 6.92 Å². The van der Waals surface area contributed by atoms with Crippen LogP contribution < -0.4 is 10.1 Å². The highest BCUT2D eigenvalue weighted by Gasteiger charge is 2.25. The number of para-hydroxylation sites is 1. The molecule has 7 nitrogen and oxygen atoms in total. The number of carbonyl (C=O) groups is 3. The number of esters is 1. The van der Waals surface area contributed by atoms with Crippen LogP contribution >= 0.6 is 0 Å². The average Bonchev–Trinajstić information content (AvgIpc) is 3.04. The van der Waals surface area contributed by atoms with Gasteiger partial charge in [-0.25, -0.2) is 4.79 Å². The van der Waals surface area contributed by atoms with Crippen LogP contribution in [0.4, 0.5) is 5.69 Å². The molecule has 3 aromatic rings. The van der Waals surface area contributed by atoms with Gasteiger partial charge in [0.1, 0.15) is 11.3 Å². The normalized spacial score (nSPS) is 11.7. The third-order valence-corrected chi connectivity index (χ3v) is 4.55. The van der Waals surface area contributed by atoms with Crippen molar-refractivity contribution in [1.29, 1.82) is 0 Å². The summed E-state index contributed by atoms with van der Waals surface area (Å²) in [5.74, 6) is -0.822. The second kappa shape index (κ2) is 8.18. The van der Waals surface area contributed by atoms with Crippen LogP contribution in [-0.2, 0) is 9.53 Å². The molecule has 1 N–H and O–H groups in total. The molecule has 7 heteroatoms. The number of furan rings is 1. The molecule has 1 amide bonds. The van der Waals surface area contributed by atoms with E-state index in [1.54, 1.807) is 56.5 Å². The van der Waals surface area contributed by atoms with E-state index < -0.39 is 18.0 Å². The molecule has 2 aromatic carbocycles.